The Bertz CT molecular complexity index is 912. The van der Waals surface area contributed by atoms with Crippen LogP contribution in [0.5, 0.6) is 11.5 Å². The number of carbonyl (C=O) groups excluding carboxylic acids is 1. The number of fused-ring (bicyclic) bond motifs is 1. The van der Waals surface area contributed by atoms with Crippen molar-refractivity contribution in [3.8, 4) is 11.5 Å². The highest BCUT2D eigenvalue weighted by molar-refractivity contribution is 7.89. The van der Waals surface area contributed by atoms with E-state index in [9.17, 15) is 13.2 Å². The van der Waals surface area contributed by atoms with Crippen LogP contribution in [-0.2, 0) is 14.8 Å². The molecule has 1 aliphatic rings. The molecule has 1 aliphatic heterocycles. The van der Waals surface area contributed by atoms with Crippen LogP contribution < -0.4 is 19.1 Å². The molecule has 1 N–H and O–H groups in total. The molecule has 0 fully saturated rings. The number of ether oxygens (including phenoxy) is 2. The largest absolute Gasteiger partial charge is 0.490 e. The number of nitrogens with zero attached hydrogens (tertiary/aromatic N) is 1. The first-order valence-electron chi connectivity index (χ1n) is 9.26. The summed E-state index contributed by atoms with van der Waals surface area (Å²) in [4.78, 5) is 14.4. The highest BCUT2D eigenvalue weighted by atomic mass is 32.2. The molecule has 1 amide bonds. The maximum absolute atomic E-state index is 12.5. The molecule has 0 saturated carbocycles. The molecule has 7 nitrogen and oxygen atoms in total. The van der Waals surface area contributed by atoms with E-state index in [4.69, 9.17) is 9.47 Å². The van der Waals surface area contributed by atoms with Crippen LogP contribution in [0.4, 0.5) is 5.69 Å². The number of hydrogen-bond acceptors (Lipinski definition) is 5. The van der Waals surface area contributed by atoms with Crippen molar-refractivity contribution in [2.45, 2.75) is 24.7 Å². The first kappa shape index (κ1) is 20.2. The molecule has 8 heteroatoms. The van der Waals surface area contributed by atoms with E-state index in [1.807, 2.05) is 31.2 Å². The highest BCUT2D eigenvalue weighted by Crippen LogP contribution is 2.31. The van der Waals surface area contributed by atoms with Gasteiger partial charge in [-0.15, -0.1) is 0 Å². The van der Waals surface area contributed by atoms with Crippen LogP contribution >= 0.6 is 0 Å². The molecule has 0 aliphatic carbocycles. The number of hydrogen-bond donors (Lipinski definition) is 1. The molecule has 1 heterocycles. The molecule has 0 spiro atoms. The number of para-hydroxylation sites is 2. The van der Waals surface area contributed by atoms with E-state index < -0.39 is 10.0 Å². The van der Waals surface area contributed by atoms with Crippen molar-refractivity contribution in [1.29, 1.82) is 0 Å². The molecule has 0 aromatic heterocycles. The Labute approximate surface area is 165 Å². The van der Waals surface area contributed by atoms with Gasteiger partial charge in [-0.25, -0.2) is 13.1 Å². The first-order chi connectivity index (χ1) is 13.5. The van der Waals surface area contributed by atoms with Crippen LogP contribution in [0.2, 0.25) is 0 Å². The van der Waals surface area contributed by atoms with E-state index >= 15 is 0 Å². The van der Waals surface area contributed by atoms with Gasteiger partial charge in [-0.1, -0.05) is 25.5 Å². The minimum absolute atomic E-state index is 0.144. The maximum Gasteiger partial charge on any atom is 0.265 e. The van der Waals surface area contributed by atoms with Gasteiger partial charge < -0.3 is 14.4 Å². The fourth-order valence-corrected chi connectivity index (χ4v) is 3.91. The fourth-order valence-electron chi connectivity index (χ4n) is 2.83. The molecule has 0 bridgehead atoms. The van der Waals surface area contributed by atoms with E-state index in [2.05, 4.69) is 4.72 Å². The van der Waals surface area contributed by atoms with Crippen LogP contribution in [0.1, 0.15) is 19.8 Å². The zero-order chi connectivity index (χ0) is 20.0. The summed E-state index contributed by atoms with van der Waals surface area (Å²) in [6, 6.07) is 13.4. The van der Waals surface area contributed by atoms with E-state index in [1.54, 1.807) is 17.0 Å². The van der Waals surface area contributed by atoms with Gasteiger partial charge in [0, 0.05) is 6.54 Å². The highest BCUT2D eigenvalue weighted by Gasteiger charge is 2.23. The molecule has 3 rings (SSSR count). The molecular weight excluding hydrogens is 380 g/mol. The third kappa shape index (κ3) is 4.82. The average molecular weight is 404 g/mol. The summed E-state index contributed by atoms with van der Waals surface area (Å²) >= 11 is 0. The van der Waals surface area contributed by atoms with Crippen molar-refractivity contribution in [3.05, 3.63) is 48.5 Å². The quantitative estimate of drug-likeness (QED) is 0.684. The Hall–Kier alpha value is -2.58. The first-order valence-corrected chi connectivity index (χ1v) is 10.7. The van der Waals surface area contributed by atoms with Gasteiger partial charge in [0.05, 0.1) is 17.1 Å². The van der Waals surface area contributed by atoms with E-state index in [-0.39, 0.29) is 17.4 Å². The van der Waals surface area contributed by atoms with E-state index in [0.717, 1.165) is 18.5 Å². The molecule has 0 radical (unpaired) electrons. The summed E-state index contributed by atoms with van der Waals surface area (Å²) in [6.45, 7) is 3.15. The number of unbranched alkanes of at least 4 members (excludes halogenated alkanes) is 1. The lowest BCUT2D eigenvalue weighted by Gasteiger charge is -2.29. The SMILES string of the molecule is CCCCNS(=O)(=O)c1ccc(OCC(=O)N2CCOc3ccccc32)cc1. The summed E-state index contributed by atoms with van der Waals surface area (Å²) in [6.07, 6.45) is 1.70. The second-order valence-corrected chi connectivity index (χ2v) is 8.14. The lowest BCUT2D eigenvalue weighted by molar-refractivity contribution is -0.120. The van der Waals surface area contributed by atoms with Crippen molar-refractivity contribution in [2.75, 3.05) is 31.2 Å². The van der Waals surface area contributed by atoms with Crippen LogP contribution in [0.25, 0.3) is 0 Å². The van der Waals surface area contributed by atoms with Crippen molar-refractivity contribution < 1.29 is 22.7 Å². The fraction of sp³-hybridized carbons (Fsp3) is 0.350. The molecule has 2 aromatic rings. The summed E-state index contributed by atoms with van der Waals surface area (Å²) in [5.74, 6) is 0.920. The van der Waals surface area contributed by atoms with E-state index in [1.165, 1.54) is 12.1 Å². The van der Waals surface area contributed by atoms with Crippen LogP contribution in [0, 0.1) is 0 Å². The Morgan fingerprint density at radius 2 is 1.93 bits per heavy atom. The number of benzene rings is 2. The lowest BCUT2D eigenvalue weighted by atomic mass is 10.2. The zero-order valence-electron chi connectivity index (χ0n) is 15.8. The summed E-state index contributed by atoms with van der Waals surface area (Å²) in [7, 11) is -3.53. The molecule has 0 atom stereocenters. The van der Waals surface area contributed by atoms with Crippen molar-refractivity contribution >= 4 is 21.6 Å². The van der Waals surface area contributed by atoms with Gasteiger partial charge in [-0.2, -0.15) is 0 Å². The van der Waals surface area contributed by atoms with E-state index in [0.29, 0.717) is 31.2 Å². The molecule has 0 saturated heterocycles. The number of amides is 1. The molecular formula is C20H24N2O5S. The van der Waals surface area contributed by atoms with Gasteiger partial charge in [-0.3, -0.25) is 4.79 Å². The Morgan fingerprint density at radius 1 is 1.18 bits per heavy atom. The normalized spacial score (nSPS) is 13.5. The monoisotopic (exact) mass is 404 g/mol. The Morgan fingerprint density at radius 3 is 2.68 bits per heavy atom. The lowest BCUT2D eigenvalue weighted by Crippen LogP contribution is -2.40. The number of carbonyl (C=O) groups is 1. The Balaban J connectivity index is 1.59. The van der Waals surface area contributed by atoms with Gasteiger partial charge >= 0.3 is 0 Å². The van der Waals surface area contributed by atoms with Gasteiger partial charge in [0.1, 0.15) is 18.1 Å². The number of rotatable bonds is 8. The second-order valence-electron chi connectivity index (χ2n) is 6.37. The maximum atomic E-state index is 12.5. The van der Waals surface area contributed by atoms with Crippen LogP contribution in [0.3, 0.4) is 0 Å². The van der Waals surface area contributed by atoms with Crippen molar-refractivity contribution in [3.63, 3.8) is 0 Å². The average Bonchev–Trinajstić information content (AvgIpc) is 2.72. The van der Waals surface area contributed by atoms with Crippen molar-refractivity contribution in [2.24, 2.45) is 0 Å². The second kappa shape index (κ2) is 9.07. The van der Waals surface area contributed by atoms with Gasteiger partial charge in [0.25, 0.3) is 5.91 Å². The van der Waals surface area contributed by atoms with Crippen LogP contribution in [-0.4, -0.2) is 40.6 Å². The third-order valence-electron chi connectivity index (χ3n) is 4.35. The predicted octanol–water partition coefficient (Wildman–Crippen LogP) is 2.57. The summed E-state index contributed by atoms with van der Waals surface area (Å²) < 4.78 is 38.0. The molecule has 28 heavy (non-hydrogen) atoms. The van der Waals surface area contributed by atoms with Gasteiger partial charge in [0.2, 0.25) is 10.0 Å². The predicted molar refractivity (Wildman–Crippen MR) is 106 cm³/mol. The standard InChI is InChI=1S/C20H24N2O5S/c1-2-3-12-21-28(24,25)17-10-8-16(9-11-17)27-15-20(23)22-13-14-26-19-7-5-4-6-18(19)22/h4-11,21H,2-3,12-15H2,1H3. The van der Waals surface area contributed by atoms with Gasteiger partial charge in [0.15, 0.2) is 6.61 Å². The topological polar surface area (TPSA) is 84.9 Å². The summed E-state index contributed by atoms with van der Waals surface area (Å²) in [5, 5.41) is 0. The zero-order valence-corrected chi connectivity index (χ0v) is 16.6. The minimum Gasteiger partial charge on any atom is -0.490 e. The molecule has 2 aromatic carbocycles. The minimum atomic E-state index is -3.53. The number of nitrogens with one attached hydrogen (secondary N) is 1. The van der Waals surface area contributed by atoms with Gasteiger partial charge in [-0.05, 0) is 42.8 Å². The van der Waals surface area contributed by atoms with Crippen molar-refractivity contribution in [1.82, 2.24) is 4.72 Å². The number of anilines is 1. The molecule has 0 unspecified atom stereocenters. The van der Waals surface area contributed by atoms with Crippen LogP contribution in [0.15, 0.2) is 53.4 Å². The number of sulfonamides is 1. The third-order valence-corrected chi connectivity index (χ3v) is 5.83. The molecule has 150 valence electrons. The summed E-state index contributed by atoms with van der Waals surface area (Å²) in [5.41, 5.74) is 0.724. The Kier molecular flexibility index (Phi) is 6.53. The smallest absolute Gasteiger partial charge is 0.265 e.